The first-order valence-corrected chi connectivity index (χ1v) is 12.3. The molecule has 4 rings (SSSR count). The first-order chi connectivity index (χ1) is 17.0. The molecule has 1 aromatic rings. The van der Waals surface area contributed by atoms with E-state index in [1.165, 1.54) is 11.0 Å². The number of phenols is 1. The standard InChI is InChI=1S/C25H28BrN3O8.BrH/c1-24(2,26)23(36)28-12-6-5-9-7-10-8-11-16(29(3)4)19(32)15(22(27)35)21(34)25(11,37)20(33)14(10)18(31)13(9)17(12)30;/h5-6,10-11,16,30,32-33,37H,7-8H2,1-4H3,(H2,27,35)(H,28,36);1H/t10?,11?,16-,25?;/m0./s1. The van der Waals surface area contributed by atoms with E-state index in [-0.39, 0.29) is 46.6 Å². The fourth-order valence-corrected chi connectivity index (χ4v) is 5.70. The number of carbonyl (C=O) groups excluding carboxylic acids is 4. The molecule has 0 aromatic heterocycles. The molecule has 11 nitrogen and oxygen atoms in total. The monoisotopic (exact) mass is 657 g/mol. The van der Waals surface area contributed by atoms with E-state index >= 15 is 0 Å². The van der Waals surface area contributed by atoms with Crippen LogP contribution in [0.25, 0.3) is 0 Å². The van der Waals surface area contributed by atoms with Crippen molar-refractivity contribution in [1.82, 2.24) is 4.90 Å². The van der Waals surface area contributed by atoms with Gasteiger partial charge in [0.25, 0.3) is 5.91 Å². The minimum Gasteiger partial charge on any atom is -0.510 e. The van der Waals surface area contributed by atoms with Crippen LogP contribution in [0, 0.1) is 11.8 Å². The third-order valence-corrected chi connectivity index (χ3v) is 7.74. The molecule has 0 saturated heterocycles. The van der Waals surface area contributed by atoms with Gasteiger partial charge in [-0.05, 0) is 58.3 Å². The quantitative estimate of drug-likeness (QED) is 0.159. The van der Waals surface area contributed by atoms with Gasteiger partial charge >= 0.3 is 0 Å². The van der Waals surface area contributed by atoms with Gasteiger partial charge in [0, 0.05) is 11.5 Å². The van der Waals surface area contributed by atoms with Crippen molar-refractivity contribution in [3.63, 3.8) is 0 Å². The Morgan fingerprint density at radius 2 is 1.79 bits per heavy atom. The summed E-state index contributed by atoms with van der Waals surface area (Å²) in [5.41, 5.74) is 1.74. The summed E-state index contributed by atoms with van der Waals surface area (Å²) >= 11 is 3.23. The molecule has 0 heterocycles. The number of carbonyl (C=O) groups is 4. The summed E-state index contributed by atoms with van der Waals surface area (Å²) < 4.78 is -0.964. The van der Waals surface area contributed by atoms with Crippen LogP contribution in [0.4, 0.5) is 5.69 Å². The van der Waals surface area contributed by atoms with Crippen LogP contribution in [0.3, 0.4) is 0 Å². The van der Waals surface area contributed by atoms with E-state index in [0.717, 1.165) is 0 Å². The van der Waals surface area contributed by atoms with Crippen LogP contribution in [0.2, 0.25) is 0 Å². The van der Waals surface area contributed by atoms with Crippen LogP contribution in [-0.4, -0.2) is 78.8 Å². The zero-order valence-corrected chi connectivity index (χ0v) is 24.3. The molecule has 0 bridgehead atoms. The number of rotatable bonds is 4. The van der Waals surface area contributed by atoms with Crippen molar-refractivity contribution >= 4 is 62.0 Å². The lowest BCUT2D eigenvalue weighted by Gasteiger charge is -2.50. The van der Waals surface area contributed by atoms with Gasteiger partial charge in [-0.25, -0.2) is 0 Å². The Kier molecular flexibility index (Phi) is 7.67. The molecule has 0 spiro atoms. The number of alkyl halides is 1. The van der Waals surface area contributed by atoms with E-state index in [2.05, 4.69) is 21.2 Å². The summed E-state index contributed by atoms with van der Waals surface area (Å²) in [7, 11) is 3.13. The third kappa shape index (κ3) is 4.25. The number of primary amides is 1. The zero-order valence-electron chi connectivity index (χ0n) is 21.0. The van der Waals surface area contributed by atoms with Crippen molar-refractivity contribution < 1.29 is 39.6 Å². The molecule has 4 atom stereocenters. The number of aromatic hydroxyl groups is 1. The lowest BCUT2D eigenvalue weighted by molar-refractivity contribution is -0.148. The molecule has 13 heteroatoms. The molecule has 38 heavy (non-hydrogen) atoms. The van der Waals surface area contributed by atoms with Crippen LogP contribution in [0.1, 0.15) is 36.2 Å². The second-order valence-electron chi connectivity index (χ2n) is 10.4. The number of benzene rings is 1. The number of likely N-dealkylation sites (N-methyl/N-ethyl adjacent to an activating group) is 1. The first kappa shape index (κ1) is 29.8. The van der Waals surface area contributed by atoms with Crippen LogP contribution in [0.5, 0.6) is 5.75 Å². The van der Waals surface area contributed by atoms with Crippen molar-refractivity contribution in [1.29, 1.82) is 0 Å². The zero-order chi connectivity index (χ0) is 27.8. The van der Waals surface area contributed by atoms with Gasteiger partial charge in [-0.2, -0.15) is 0 Å². The van der Waals surface area contributed by atoms with Gasteiger partial charge < -0.3 is 31.5 Å². The van der Waals surface area contributed by atoms with E-state index in [1.807, 2.05) is 0 Å². The number of Topliss-reactive ketones (excluding diaryl/α,β-unsaturated/α-hetero) is 2. The smallest absolute Gasteiger partial charge is 0.255 e. The number of allylic oxidation sites excluding steroid dienone is 1. The van der Waals surface area contributed by atoms with Gasteiger partial charge in [0.1, 0.15) is 17.1 Å². The summed E-state index contributed by atoms with van der Waals surface area (Å²) in [6.45, 7) is 3.20. The molecule has 0 radical (unpaired) electrons. The molecule has 7 N–H and O–H groups in total. The number of anilines is 1. The van der Waals surface area contributed by atoms with Crippen LogP contribution < -0.4 is 11.1 Å². The number of hydrogen-bond donors (Lipinski definition) is 6. The highest BCUT2D eigenvalue weighted by atomic mass is 79.9. The molecule has 2 amide bonds. The number of aliphatic hydroxyl groups excluding tert-OH is 2. The van der Waals surface area contributed by atoms with E-state index < -0.39 is 74.0 Å². The van der Waals surface area contributed by atoms with Crippen LogP contribution >= 0.6 is 32.9 Å². The van der Waals surface area contributed by atoms with E-state index in [9.17, 15) is 39.6 Å². The number of fused-ring (bicyclic) bond motifs is 3. The summed E-state index contributed by atoms with van der Waals surface area (Å²) in [4.78, 5) is 52.9. The minimum atomic E-state index is -2.70. The second-order valence-corrected chi connectivity index (χ2v) is 12.4. The van der Waals surface area contributed by atoms with E-state index in [1.54, 1.807) is 34.0 Å². The Morgan fingerprint density at radius 3 is 2.32 bits per heavy atom. The Hall–Kier alpha value is -2.74. The molecule has 3 aliphatic carbocycles. The maximum Gasteiger partial charge on any atom is 0.255 e. The molecule has 3 unspecified atom stereocenters. The van der Waals surface area contributed by atoms with Gasteiger partial charge in [-0.3, -0.25) is 24.1 Å². The van der Waals surface area contributed by atoms with Gasteiger partial charge in [0.15, 0.2) is 17.1 Å². The highest BCUT2D eigenvalue weighted by molar-refractivity contribution is 9.10. The number of nitrogens with zero attached hydrogens (tertiary/aromatic N) is 1. The number of nitrogens with one attached hydrogen (secondary N) is 1. The van der Waals surface area contributed by atoms with Crippen LogP contribution in [-0.2, 0) is 20.8 Å². The van der Waals surface area contributed by atoms with Gasteiger partial charge in [0.2, 0.25) is 11.7 Å². The highest BCUT2D eigenvalue weighted by Crippen LogP contribution is 2.52. The predicted molar refractivity (Wildman–Crippen MR) is 146 cm³/mol. The molecule has 3 aliphatic rings. The fourth-order valence-electron chi connectivity index (χ4n) is 5.60. The Bertz CT molecular complexity index is 1330. The number of amides is 2. The second kappa shape index (κ2) is 9.78. The summed E-state index contributed by atoms with van der Waals surface area (Å²) in [6, 6.07) is 1.99. The molecule has 1 aromatic carbocycles. The fraction of sp³-hybridized carbons (Fsp3) is 0.440. The lowest BCUT2D eigenvalue weighted by Crippen LogP contribution is -2.63. The number of aliphatic hydroxyl groups is 3. The van der Waals surface area contributed by atoms with Crippen molar-refractivity contribution in [3.05, 3.63) is 45.9 Å². The van der Waals surface area contributed by atoms with Gasteiger partial charge in [-0.15, -0.1) is 17.0 Å². The highest BCUT2D eigenvalue weighted by Gasteiger charge is 2.63. The Labute approximate surface area is 237 Å². The normalized spacial score (nSPS) is 26.9. The number of ketones is 2. The predicted octanol–water partition coefficient (Wildman–Crippen LogP) is 1.81. The minimum absolute atomic E-state index is 0. The van der Waals surface area contributed by atoms with Crippen molar-refractivity contribution in [2.45, 2.75) is 42.7 Å². The SMILES string of the molecule is Br.CN(C)[C@@H]1C(O)=C(C(N)=O)C(=O)C2(O)C(O)=C3C(=O)c4c(ccc(NC(=O)C(C)(C)Br)c4O)CC3CC12. The van der Waals surface area contributed by atoms with Gasteiger partial charge in [0.05, 0.1) is 21.6 Å². The largest absolute Gasteiger partial charge is 0.510 e. The summed E-state index contributed by atoms with van der Waals surface area (Å²) in [5, 5.41) is 47.1. The van der Waals surface area contributed by atoms with E-state index in [0.29, 0.717) is 5.56 Å². The summed E-state index contributed by atoms with van der Waals surface area (Å²) in [6.07, 6.45) is 0.170. The van der Waals surface area contributed by atoms with Crippen molar-refractivity contribution in [2.24, 2.45) is 17.6 Å². The molecule has 0 aliphatic heterocycles. The molecule has 206 valence electrons. The number of hydrogen-bond acceptors (Lipinski definition) is 9. The average Bonchev–Trinajstić information content (AvgIpc) is 2.77. The molecule has 0 saturated carbocycles. The lowest BCUT2D eigenvalue weighted by atomic mass is 9.58. The van der Waals surface area contributed by atoms with Gasteiger partial charge in [-0.1, -0.05) is 22.0 Å². The maximum absolute atomic E-state index is 13.6. The van der Waals surface area contributed by atoms with E-state index in [4.69, 9.17) is 5.73 Å². The third-order valence-electron chi connectivity index (χ3n) is 7.38. The Balaban J connectivity index is 0.00000400. The van der Waals surface area contributed by atoms with Crippen LogP contribution in [0.15, 0.2) is 34.8 Å². The number of phenolic OH excluding ortho intramolecular Hbond substituents is 1. The molecular weight excluding hydrogens is 630 g/mol. The summed E-state index contributed by atoms with van der Waals surface area (Å²) in [5.74, 6) is -7.71. The number of nitrogens with two attached hydrogens (primary N) is 1. The Morgan fingerprint density at radius 1 is 1.18 bits per heavy atom. The maximum atomic E-state index is 13.6. The average molecular weight is 659 g/mol. The number of halogens is 2. The first-order valence-electron chi connectivity index (χ1n) is 11.5. The van der Waals surface area contributed by atoms with Crippen molar-refractivity contribution in [2.75, 3.05) is 19.4 Å². The molecular formula is C25H29Br2N3O8. The molecule has 0 fully saturated rings. The van der Waals surface area contributed by atoms with Crippen molar-refractivity contribution in [3.8, 4) is 5.75 Å². The topological polar surface area (TPSA) is 190 Å².